The van der Waals surface area contributed by atoms with Crippen molar-refractivity contribution >= 4 is 19.9 Å². The van der Waals surface area contributed by atoms with E-state index >= 15 is 0 Å². The van der Waals surface area contributed by atoms with Gasteiger partial charge >= 0.3 is 18.9 Å². The Morgan fingerprint density at radius 1 is 1.25 bits per heavy atom. The van der Waals surface area contributed by atoms with E-state index < -0.39 is 8.32 Å². The molecule has 0 bridgehead atoms. The molecule has 1 rings (SSSR count). The van der Waals surface area contributed by atoms with Gasteiger partial charge in [0.2, 0.25) is 0 Å². The number of hydrogen-bond acceptors (Lipinski definition) is 2. The van der Waals surface area contributed by atoms with Crippen molar-refractivity contribution in [2.45, 2.75) is 19.6 Å². The van der Waals surface area contributed by atoms with Crippen molar-refractivity contribution in [2.75, 3.05) is 0 Å². The van der Waals surface area contributed by atoms with Gasteiger partial charge in [-0.3, -0.25) is 0 Å². The monoisotopic (exact) mass is 245 g/mol. The molecule has 80 valence electrons. The normalized spacial score (nSPS) is 10.2. The maximum Gasteiger partial charge on any atom is 1.00 e. The molecule has 1 aromatic rings. The van der Waals surface area contributed by atoms with Crippen LogP contribution in [-0.4, -0.2) is 8.32 Å². The van der Waals surface area contributed by atoms with Crippen LogP contribution in [0.1, 0.15) is 5.56 Å². The summed E-state index contributed by atoms with van der Waals surface area (Å²) in [6.07, 6.45) is 0.380. The van der Waals surface area contributed by atoms with Gasteiger partial charge in [-0.25, -0.2) is 5.26 Å². The number of rotatable bonds is 3. The van der Waals surface area contributed by atoms with Crippen LogP contribution in [0.25, 0.3) is 0 Å². The van der Waals surface area contributed by atoms with Gasteiger partial charge in [0.1, 0.15) is 0 Å². The maximum atomic E-state index is 8.99. The number of hydrogen-bond donors (Lipinski definition) is 0. The van der Waals surface area contributed by atoms with Crippen molar-refractivity contribution < 1.29 is 23.3 Å². The first kappa shape index (κ1) is 15.6. The molecule has 0 saturated heterocycles. The van der Waals surface area contributed by atoms with Crippen molar-refractivity contribution in [3.05, 3.63) is 41.0 Å². The average Bonchev–Trinajstić information content (AvgIpc) is 2.14. The van der Waals surface area contributed by atoms with Crippen LogP contribution in [0.3, 0.4) is 0 Å². The first-order valence-electron chi connectivity index (χ1n) is 4.64. The van der Waals surface area contributed by atoms with Gasteiger partial charge in [-0.15, -0.1) is 5.56 Å². The molecule has 2 nitrogen and oxygen atoms in total. The van der Waals surface area contributed by atoms with Crippen molar-refractivity contribution in [3.8, 4) is 6.07 Å². The summed E-state index contributed by atoms with van der Waals surface area (Å²) in [5.74, 6) is 0. The quantitative estimate of drug-likeness (QED) is 0.577. The first-order chi connectivity index (χ1) is 6.92. The van der Waals surface area contributed by atoms with E-state index in [9.17, 15) is 0 Å². The van der Waals surface area contributed by atoms with Crippen LogP contribution >= 0.6 is 11.6 Å². The van der Waals surface area contributed by atoms with E-state index in [1.165, 1.54) is 0 Å². The van der Waals surface area contributed by atoms with E-state index in [0.29, 0.717) is 11.1 Å². The predicted molar refractivity (Wildman–Crippen MR) is 63.8 cm³/mol. The van der Waals surface area contributed by atoms with Crippen LogP contribution in [0.4, 0.5) is 0 Å². The Hall–Kier alpha value is -0.356. The van der Waals surface area contributed by atoms with Gasteiger partial charge < -0.3 is 4.43 Å². The van der Waals surface area contributed by atoms with Gasteiger partial charge in [-0.1, -0.05) is 23.7 Å². The zero-order valence-corrected chi connectivity index (χ0v) is 11.8. The Morgan fingerprint density at radius 2 is 1.75 bits per heavy atom. The molecule has 0 heterocycles. The Balaban J connectivity index is 0.00000225. The van der Waals surface area contributed by atoms with E-state index in [0.717, 1.165) is 5.56 Å². The molecule has 5 heteroatoms. The summed E-state index contributed by atoms with van der Waals surface area (Å²) in [5, 5.41) is 9.65. The van der Waals surface area contributed by atoms with Gasteiger partial charge in [0.05, 0.1) is 6.07 Å². The standard InChI is InChI=1S/C11H13ClNOSi.Li/c1-15(2,3)14-11(8-13)9-4-6-10(12)7-5-9;/h4-7H,1-3H3;/q-1;+1. The van der Waals surface area contributed by atoms with Crippen LogP contribution in [0.5, 0.6) is 0 Å². The van der Waals surface area contributed by atoms with Crippen LogP contribution in [0, 0.1) is 17.4 Å². The molecule has 0 aliphatic heterocycles. The zero-order valence-electron chi connectivity index (χ0n) is 10.0. The van der Waals surface area contributed by atoms with Crippen LogP contribution < -0.4 is 18.9 Å². The SMILES string of the molecule is C[Si](C)(C)O[C-](C#N)c1ccc(Cl)cc1.[Li+]. The largest absolute Gasteiger partial charge is 1.00 e. The molecule has 16 heavy (non-hydrogen) atoms. The van der Waals surface area contributed by atoms with E-state index in [2.05, 4.69) is 6.07 Å². The summed E-state index contributed by atoms with van der Waals surface area (Å²) >= 11 is 5.77. The van der Waals surface area contributed by atoms with Gasteiger partial charge in [-0.05, 0) is 19.6 Å². The van der Waals surface area contributed by atoms with E-state index in [-0.39, 0.29) is 18.9 Å². The fourth-order valence-electron chi connectivity index (χ4n) is 1.05. The molecule has 0 spiro atoms. The number of nitrogens with zero attached hydrogens (tertiary/aromatic N) is 1. The van der Waals surface area contributed by atoms with Crippen LogP contribution in [0.15, 0.2) is 24.3 Å². The third kappa shape index (κ3) is 5.12. The number of nitriles is 1. The molecule has 0 unspecified atom stereocenters. The summed E-state index contributed by atoms with van der Waals surface area (Å²) in [6, 6.07) is 9.17. The second-order valence-electron chi connectivity index (χ2n) is 4.16. The summed E-state index contributed by atoms with van der Waals surface area (Å²) in [5.41, 5.74) is 0.782. The molecule has 0 aromatic heterocycles. The smallest absolute Gasteiger partial charge is 0.436 e. The minimum absolute atomic E-state index is 0. The van der Waals surface area contributed by atoms with Crippen LogP contribution in [-0.2, 0) is 4.43 Å². The molecule has 1 aromatic carbocycles. The van der Waals surface area contributed by atoms with Crippen molar-refractivity contribution in [1.29, 1.82) is 5.26 Å². The fourth-order valence-corrected chi connectivity index (χ4v) is 1.96. The molecule has 0 radical (unpaired) electrons. The first-order valence-corrected chi connectivity index (χ1v) is 8.43. The minimum atomic E-state index is -1.73. The predicted octanol–water partition coefficient (Wildman–Crippen LogP) is 0.599. The molecule has 0 fully saturated rings. The minimum Gasteiger partial charge on any atom is -0.436 e. The Labute approximate surface area is 115 Å². The Kier molecular flexibility index (Phi) is 6.25. The molecular formula is C11H13ClLiNOSi. The third-order valence-corrected chi connectivity index (χ3v) is 2.68. The van der Waals surface area contributed by atoms with Gasteiger partial charge in [0, 0.05) is 11.1 Å². The third-order valence-electron chi connectivity index (χ3n) is 1.62. The fraction of sp³-hybridized carbons (Fsp3) is 0.273. The van der Waals surface area contributed by atoms with Gasteiger partial charge in [0.25, 0.3) is 0 Å². The number of benzene rings is 1. The average molecular weight is 246 g/mol. The molecule has 0 atom stereocenters. The summed E-state index contributed by atoms with van der Waals surface area (Å²) < 4.78 is 5.66. The van der Waals surface area contributed by atoms with Crippen LogP contribution in [0.2, 0.25) is 24.7 Å². The maximum absolute atomic E-state index is 8.99. The van der Waals surface area contributed by atoms with Crippen molar-refractivity contribution in [3.63, 3.8) is 0 Å². The zero-order chi connectivity index (χ0) is 11.5. The molecule has 0 aliphatic rings. The molecule has 0 amide bonds. The molecule has 0 aliphatic carbocycles. The van der Waals surface area contributed by atoms with Crippen molar-refractivity contribution in [1.82, 2.24) is 0 Å². The number of halogens is 1. The second kappa shape index (κ2) is 6.40. The van der Waals surface area contributed by atoms with E-state index in [1.807, 2.05) is 19.6 Å². The topological polar surface area (TPSA) is 33.0 Å². The van der Waals surface area contributed by atoms with E-state index in [4.69, 9.17) is 21.3 Å². The Bertz CT molecular complexity index is 369. The van der Waals surface area contributed by atoms with E-state index in [1.54, 1.807) is 24.3 Å². The molecule has 0 saturated carbocycles. The summed E-state index contributed by atoms with van der Waals surface area (Å²) in [6.45, 7) is 6.13. The van der Waals surface area contributed by atoms with Gasteiger partial charge in [0.15, 0.2) is 8.32 Å². The second-order valence-corrected chi connectivity index (χ2v) is 9.03. The van der Waals surface area contributed by atoms with Gasteiger partial charge in [-0.2, -0.15) is 12.1 Å². The summed E-state index contributed by atoms with van der Waals surface area (Å²) in [7, 11) is -1.73. The summed E-state index contributed by atoms with van der Waals surface area (Å²) in [4.78, 5) is 0. The molecular weight excluding hydrogens is 233 g/mol. The Morgan fingerprint density at radius 3 is 2.12 bits per heavy atom. The van der Waals surface area contributed by atoms with Crippen molar-refractivity contribution in [2.24, 2.45) is 0 Å². The molecule has 0 N–H and O–H groups in total.